The SMILES string of the molecule is CCCCOCCOCCOC(C)=O.CCCOCCOC(C)=O. The molecule has 0 aromatic carbocycles. The molecule has 0 bridgehead atoms. The minimum absolute atomic E-state index is 0.250. The lowest BCUT2D eigenvalue weighted by molar-refractivity contribution is -0.143. The van der Waals surface area contributed by atoms with E-state index in [1.807, 2.05) is 6.92 Å². The van der Waals surface area contributed by atoms with Crippen molar-refractivity contribution in [2.24, 2.45) is 0 Å². The first-order valence-corrected chi connectivity index (χ1v) is 8.54. The lowest BCUT2D eigenvalue weighted by Crippen LogP contribution is -2.11. The van der Waals surface area contributed by atoms with Crippen LogP contribution in [-0.2, 0) is 33.3 Å². The van der Waals surface area contributed by atoms with Gasteiger partial charge in [-0.15, -0.1) is 0 Å². The maximum Gasteiger partial charge on any atom is 0.302 e. The predicted octanol–water partition coefficient (Wildman–Crippen LogP) is 2.36. The van der Waals surface area contributed by atoms with Crippen LogP contribution in [0.25, 0.3) is 0 Å². The molecule has 0 radical (unpaired) electrons. The van der Waals surface area contributed by atoms with Crippen molar-refractivity contribution in [3.8, 4) is 0 Å². The molecule has 0 aliphatic heterocycles. The second-order valence-electron chi connectivity index (χ2n) is 4.87. The summed E-state index contributed by atoms with van der Waals surface area (Å²) >= 11 is 0. The van der Waals surface area contributed by atoms with E-state index in [1.165, 1.54) is 13.8 Å². The number of ether oxygens (including phenoxy) is 5. The number of rotatable bonds is 14. The lowest BCUT2D eigenvalue weighted by Gasteiger charge is -2.05. The molecule has 144 valence electrons. The Morgan fingerprint density at radius 1 is 0.583 bits per heavy atom. The van der Waals surface area contributed by atoms with Gasteiger partial charge in [-0.2, -0.15) is 0 Å². The Morgan fingerprint density at radius 3 is 1.42 bits per heavy atom. The maximum atomic E-state index is 10.3. The molecule has 0 saturated carbocycles. The summed E-state index contributed by atoms with van der Waals surface area (Å²) in [5.41, 5.74) is 0. The fraction of sp³-hybridized carbons (Fsp3) is 0.882. The Kier molecular flexibility index (Phi) is 22.8. The van der Waals surface area contributed by atoms with Crippen LogP contribution in [0.1, 0.15) is 47.0 Å². The van der Waals surface area contributed by atoms with E-state index in [9.17, 15) is 9.59 Å². The number of unbranched alkanes of at least 4 members (excludes halogenated alkanes) is 1. The maximum absolute atomic E-state index is 10.3. The Balaban J connectivity index is 0. The second kappa shape index (κ2) is 21.8. The molecule has 0 fully saturated rings. The van der Waals surface area contributed by atoms with Crippen LogP contribution in [-0.4, -0.2) is 64.8 Å². The van der Waals surface area contributed by atoms with Crippen LogP contribution >= 0.6 is 0 Å². The Labute approximate surface area is 145 Å². The molecule has 24 heavy (non-hydrogen) atoms. The molecule has 7 heteroatoms. The first kappa shape index (κ1) is 25.1. The largest absolute Gasteiger partial charge is 0.463 e. The zero-order valence-corrected chi connectivity index (χ0v) is 15.6. The molecule has 0 aromatic rings. The molecule has 7 nitrogen and oxygen atoms in total. The molecule has 0 unspecified atom stereocenters. The standard InChI is InChI=1S/C10H20O4.C7H14O3/c1-3-4-5-12-6-7-13-8-9-14-10(2)11;1-3-4-9-5-6-10-7(2)8/h3-9H2,1-2H3;3-6H2,1-2H3. The van der Waals surface area contributed by atoms with Gasteiger partial charge >= 0.3 is 11.9 Å². The van der Waals surface area contributed by atoms with E-state index in [2.05, 4.69) is 16.4 Å². The number of carbonyl (C=O) groups is 2. The van der Waals surface area contributed by atoms with E-state index >= 15 is 0 Å². The van der Waals surface area contributed by atoms with E-state index in [4.69, 9.17) is 14.2 Å². The average molecular weight is 350 g/mol. The molecular formula is C17H34O7. The van der Waals surface area contributed by atoms with Crippen LogP contribution < -0.4 is 0 Å². The summed E-state index contributed by atoms with van der Waals surface area (Å²) in [5.74, 6) is -0.520. The van der Waals surface area contributed by atoms with E-state index in [1.54, 1.807) is 0 Å². The molecule has 0 atom stereocenters. The third kappa shape index (κ3) is 28.9. The second-order valence-corrected chi connectivity index (χ2v) is 4.87. The van der Waals surface area contributed by atoms with Crippen molar-refractivity contribution in [3.05, 3.63) is 0 Å². The van der Waals surface area contributed by atoms with Gasteiger partial charge in [0.25, 0.3) is 0 Å². The lowest BCUT2D eigenvalue weighted by atomic mass is 10.4. The van der Waals surface area contributed by atoms with Crippen LogP contribution in [0.2, 0.25) is 0 Å². The third-order valence-electron chi connectivity index (χ3n) is 2.43. The van der Waals surface area contributed by atoms with Crippen LogP contribution in [0, 0.1) is 0 Å². The highest BCUT2D eigenvalue weighted by atomic mass is 16.6. The van der Waals surface area contributed by atoms with Crippen molar-refractivity contribution in [2.75, 3.05) is 52.9 Å². The van der Waals surface area contributed by atoms with Crippen molar-refractivity contribution < 1.29 is 33.3 Å². The summed E-state index contributed by atoms with van der Waals surface area (Å²) in [5, 5.41) is 0. The summed E-state index contributed by atoms with van der Waals surface area (Å²) in [4.78, 5) is 20.5. The highest BCUT2D eigenvalue weighted by Crippen LogP contribution is 1.88. The molecule has 0 amide bonds. The van der Waals surface area contributed by atoms with Gasteiger partial charge in [-0.1, -0.05) is 20.3 Å². The summed E-state index contributed by atoms with van der Waals surface area (Å²) in [6.45, 7) is 11.3. The van der Waals surface area contributed by atoms with Gasteiger partial charge in [-0.3, -0.25) is 9.59 Å². The van der Waals surface area contributed by atoms with Gasteiger partial charge in [0.15, 0.2) is 0 Å². The predicted molar refractivity (Wildman–Crippen MR) is 90.9 cm³/mol. The number of hydrogen-bond acceptors (Lipinski definition) is 7. The topological polar surface area (TPSA) is 80.3 Å². The highest BCUT2D eigenvalue weighted by Gasteiger charge is 1.93. The van der Waals surface area contributed by atoms with Crippen molar-refractivity contribution in [3.63, 3.8) is 0 Å². The van der Waals surface area contributed by atoms with E-state index in [0.717, 1.165) is 32.5 Å². The smallest absolute Gasteiger partial charge is 0.302 e. The van der Waals surface area contributed by atoms with Crippen molar-refractivity contribution >= 4 is 11.9 Å². The molecule has 0 aromatic heterocycles. The van der Waals surface area contributed by atoms with Gasteiger partial charge in [0.2, 0.25) is 0 Å². The first-order valence-electron chi connectivity index (χ1n) is 8.54. The van der Waals surface area contributed by atoms with Crippen LogP contribution in [0.3, 0.4) is 0 Å². The van der Waals surface area contributed by atoms with E-state index < -0.39 is 0 Å². The van der Waals surface area contributed by atoms with Crippen LogP contribution in [0.15, 0.2) is 0 Å². The molecule has 0 heterocycles. The van der Waals surface area contributed by atoms with Crippen molar-refractivity contribution in [2.45, 2.75) is 47.0 Å². The Hall–Kier alpha value is -1.18. The van der Waals surface area contributed by atoms with Crippen molar-refractivity contribution in [1.29, 1.82) is 0 Å². The molecular weight excluding hydrogens is 316 g/mol. The van der Waals surface area contributed by atoms with Crippen LogP contribution in [0.4, 0.5) is 0 Å². The quantitative estimate of drug-likeness (QED) is 0.351. The summed E-state index contributed by atoms with van der Waals surface area (Å²) in [6.07, 6.45) is 3.24. The van der Waals surface area contributed by atoms with Gasteiger partial charge in [0.1, 0.15) is 13.2 Å². The minimum atomic E-state index is -0.271. The number of esters is 2. The number of carbonyl (C=O) groups excluding carboxylic acids is 2. The molecule has 0 N–H and O–H groups in total. The van der Waals surface area contributed by atoms with E-state index in [-0.39, 0.29) is 11.9 Å². The van der Waals surface area contributed by atoms with Gasteiger partial charge in [-0.05, 0) is 12.8 Å². The minimum Gasteiger partial charge on any atom is -0.463 e. The summed E-state index contributed by atoms with van der Waals surface area (Å²) in [7, 11) is 0. The molecule has 0 rings (SSSR count). The molecule has 0 spiro atoms. The number of hydrogen-bond donors (Lipinski definition) is 0. The summed E-state index contributed by atoms with van der Waals surface area (Å²) < 4.78 is 24.8. The van der Waals surface area contributed by atoms with E-state index in [0.29, 0.717) is 39.6 Å². The summed E-state index contributed by atoms with van der Waals surface area (Å²) in [6, 6.07) is 0. The van der Waals surface area contributed by atoms with Gasteiger partial charge < -0.3 is 23.7 Å². The third-order valence-corrected chi connectivity index (χ3v) is 2.43. The van der Waals surface area contributed by atoms with Gasteiger partial charge in [0, 0.05) is 27.1 Å². The van der Waals surface area contributed by atoms with Crippen molar-refractivity contribution in [1.82, 2.24) is 0 Å². The first-order chi connectivity index (χ1) is 11.5. The Bertz CT molecular complexity index is 282. The fourth-order valence-electron chi connectivity index (χ4n) is 1.30. The normalized spacial score (nSPS) is 9.83. The average Bonchev–Trinajstić information content (AvgIpc) is 2.53. The molecule has 0 aliphatic rings. The van der Waals surface area contributed by atoms with Gasteiger partial charge in [0.05, 0.1) is 26.4 Å². The molecule has 0 saturated heterocycles. The zero-order valence-electron chi connectivity index (χ0n) is 15.6. The monoisotopic (exact) mass is 350 g/mol. The molecule has 0 aliphatic carbocycles. The zero-order chi connectivity index (χ0) is 18.5. The van der Waals surface area contributed by atoms with Crippen LogP contribution in [0.5, 0.6) is 0 Å². The van der Waals surface area contributed by atoms with Gasteiger partial charge in [-0.25, -0.2) is 0 Å². The highest BCUT2D eigenvalue weighted by molar-refractivity contribution is 5.66. The fourth-order valence-corrected chi connectivity index (χ4v) is 1.30. The Morgan fingerprint density at radius 2 is 1.00 bits per heavy atom.